The third-order valence-electron chi connectivity index (χ3n) is 3.30. The number of anilines is 1. The zero-order valence-corrected chi connectivity index (χ0v) is 11.0. The molecule has 4 nitrogen and oxygen atoms in total. The predicted octanol–water partition coefficient (Wildman–Crippen LogP) is 2.81. The van der Waals surface area contributed by atoms with Gasteiger partial charge in [-0.1, -0.05) is 29.6 Å². The number of halogens is 1. The second-order valence-electron chi connectivity index (χ2n) is 4.55. The fourth-order valence-electron chi connectivity index (χ4n) is 2.29. The summed E-state index contributed by atoms with van der Waals surface area (Å²) in [5.74, 6) is 0.0827. The van der Waals surface area contributed by atoms with Crippen LogP contribution < -0.4 is 10.6 Å². The number of hydrogen-bond donors (Lipinski definition) is 2. The first-order valence-electron chi connectivity index (χ1n) is 6.25. The summed E-state index contributed by atoms with van der Waals surface area (Å²) in [6.07, 6.45) is 4.99. The number of nitrogens with zero attached hydrogens (tertiary/aromatic N) is 2. The highest BCUT2D eigenvalue weighted by Gasteiger charge is 2.13. The lowest BCUT2D eigenvalue weighted by Crippen LogP contribution is -2.24. The maximum Gasteiger partial charge on any atom is 0.170 e. The van der Waals surface area contributed by atoms with Gasteiger partial charge >= 0.3 is 0 Å². The average molecular weight is 268 g/mol. The van der Waals surface area contributed by atoms with Gasteiger partial charge in [0, 0.05) is 18.7 Å². The molecule has 0 radical (unpaired) electrons. The molecule has 18 heavy (non-hydrogen) atoms. The van der Waals surface area contributed by atoms with Gasteiger partial charge in [0.2, 0.25) is 0 Å². The summed E-state index contributed by atoms with van der Waals surface area (Å²) in [5.41, 5.74) is 7.22. The second-order valence-corrected chi connectivity index (χ2v) is 4.96. The first kappa shape index (κ1) is 13.0. The maximum absolute atomic E-state index is 8.64. The van der Waals surface area contributed by atoms with Crippen LogP contribution in [0.1, 0.15) is 31.2 Å². The molecule has 0 bridgehead atoms. The topological polar surface area (TPSA) is 61.9 Å². The molecule has 0 unspecified atom stereocenters. The Labute approximate surface area is 112 Å². The SMILES string of the molecule is NC(=NO)c1ccc(N2CCCCCC2)c(Cl)c1. The Hall–Kier alpha value is -1.42. The van der Waals surface area contributed by atoms with E-state index in [2.05, 4.69) is 10.1 Å². The minimum absolute atomic E-state index is 0.0827. The van der Waals surface area contributed by atoms with E-state index in [0.29, 0.717) is 10.6 Å². The third kappa shape index (κ3) is 2.88. The van der Waals surface area contributed by atoms with Crippen molar-refractivity contribution in [2.24, 2.45) is 10.9 Å². The van der Waals surface area contributed by atoms with Crippen molar-refractivity contribution in [1.29, 1.82) is 0 Å². The van der Waals surface area contributed by atoms with E-state index in [1.807, 2.05) is 12.1 Å². The minimum Gasteiger partial charge on any atom is -0.409 e. The number of benzene rings is 1. The number of oxime groups is 1. The summed E-state index contributed by atoms with van der Waals surface area (Å²) >= 11 is 6.28. The third-order valence-corrected chi connectivity index (χ3v) is 3.60. The zero-order chi connectivity index (χ0) is 13.0. The smallest absolute Gasteiger partial charge is 0.170 e. The van der Waals surface area contributed by atoms with E-state index in [9.17, 15) is 0 Å². The van der Waals surface area contributed by atoms with E-state index in [-0.39, 0.29) is 5.84 Å². The van der Waals surface area contributed by atoms with E-state index in [0.717, 1.165) is 18.8 Å². The molecule has 0 spiro atoms. The van der Waals surface area contributed by atoms with Gasteiger partial charge in [-0.15, -0.1) is 0 Å². The lowest BCUT2D eigenvalue weighted by Gasteiger charge is -2.24. The fourth-order valence-corrected chi connectivity index (χ4v) is 2.59. The molecular formula is C13H18ClN3O. The van der Waals surface area contributed by atoms with Crippen LogP contribution in [0.15, 0.2) is 23.4 Å². The Morgan fingerprint density at radius 2 is 1.89 bits per heavy atom. The molecule has 1 aliphatic heterocycles. The van der Waals surface area contributed by atoms with Crippen molar-refractivity contribution >= 4 is 23.1 Å². The van der Waals surface area contributed by atoms with Gasteiger partial charge < -0.3 is 15.8 Å². The monoisotopic (exact) mass is 267 g/mol. The lowest BCUT2D eigenvalue weighted by atomic mass is 10.1. The number of amidine groups is 1. The number of nitrogens with two attached hydrogens (primary N) is 1. The molecule has 5 heteroatoms. The normalized spacial score (nSPS) is 17.6. The molecule has 1 aliphatic rings. The van der Waals surface area contributed by atoms with Crippen molar-refractivity contribution in [2.45, 2.75) is 25.7 Å². The van der Waals surface area contributed by atoms with Crippen LogP contribution in [0.4, 0.5) is 5.69 Å². The molecule has 0 saturated carbocycles. The Bertz CT molecular complexity index is 440. The Morgan fingerprint density at radius 1 is 1.22 bits per heavy atom. The lowest BCUT2D eigenvalue weighted by molar-refractivity contribution is 0.318. The summed E-state index contributed by atoms with van der Waals surface area (Å²) in [4.78, 5) is 2.31. The molecule has 0 amide bonds. The van der Waals surface area contributed by atoms with Crippen molar-refractivity contribution < 1.29 is 5.21 Å². The number of rotatable bonds is 2. The van der Waals surface area contributed by atoms with Gasteiger partial charge in [-0.2, -0.15) is 0 Å². The van der Waals surface area contributed by atoms with Gasteiger partial charge in [-0.05, 0) is 31.0 Å². The molecule has 98 valence electrons. The average Bonchev–Trinajstić information content (AvgIpc) is 2.66. The van der Waals surface area contributed by atoms with Crippen LogP contribution in [0.3, 0.4) is 0 Å². The minimum atomic E-state index is 0.0827. The summed E-state index contributed by atoms with van der Waals surface area (Å²) in [6, 6.07) is 5.53. The highest BCUT2D eigenvalue weighted by molar-refractivity contribution is 6.33. The van der Waals surface area contributed by atoms with Crippen LogP contribution in [0.25, 0.3) is 0 Å². The van der Waals surface area contributed by atoms with E-state index in [4.69, 9.17) is 22.5 Å². The van der Waals surface area contributed by atoms with E-state index >= 15 is 0 Å². The molecule has 0 aromatic heterocycles. The molecular weight excluding hydrogens is 250 g/mol. The van der Waals surface area contributed by atoms with Crippen LogP contribution in [-0.2, 0) is 0 Å². The summed E-state index contributed by atoms with van der Waals surface area (Å²) in [6.45, 7) is 2.09. The van der Waals surface area contributed by atoms with E-state index in [1.165, 1.54) is 25.7 Å². The molecule has 0 aliphatic carbocycles. The number of hydrogen-bond acceptors (Lipinski definition) is 3. The molecule has 1 saturated heterocycles. The summed E-state index contributed by atoms with van der Waals surface area (Å²) in [7, 11) is 0. The van der Waals surface area contributed by atoms with Crippen LogP contribution in [0.2, 0.25) is 5.02 Å². The van der Waals surface area contributed by atoms with E-state index in [1.54, 1.807) is 6.07 Å². The van der Waals surface area contributed by atoms with Crippen molar-refractivity contribution in [2.75, 3.05) is 18.0 Å². The van der Waals surface area contributed by atoms with Gasteiger partial charge in [0.15, 0.2) is 5.84 Å². The molecule has 1 fully saturated rings. The first-order valence-corrected chi connectivity index (χ1v) is 6.62. The Morgan fingerprint density at radius 3 is 2.44 bits per heavy atom. The predicted molar refractivity (Wildman–Crippen MR) is 74.6 cm³/mol. The maximum atomic E-state index is 8.64. The summed E-state index contributed by atoms with van der Waals surface area (Å²) in [5, 5.41) is 12.3. The van der Waals surface area contributed by atoms with Gasteiger partial charge in [-0.25, -0.2) is 0 Å². The van der Waals surface area contributed by atoms with Gasteiger partial charge in [0.05, 0.1) is 10.7 Å². The van der Waals surface area contributed by atoms with Gasteiger partial charge in [0.1, 0.15) is 0 Å². The molecule has 1 aromatic carbocycles. The molecule has 2 rings (SSSR count). The molecule has 3 N–H and O–H groups in total. The summed E-state index contributed by atoms with van der Waals surface area (Å²) < 4.78 is 0. The van der Waals surface area contributed by atoms with Gasteiger partial charge in [-0.3, -0.25) is 0 Å². The second kappa shape index (κ2) is 5.96. The standard InChI is InChI=1S/C13H18ClN3O/c14-11-9-10(13(15)16-18)5-6-12(11)17-7-3-1-2-4-8-17/h5-6,9,18H,1-4,7-8H2,(H2,15,16). The van der Waals surface area contributed by atoms with E-state index < -0.39 is 0 Å². The Balaban J connectivity index is 2.23. The molecule has 1 heterocycles. The van der Waals surface area contributed by atoms with Gasteiger partial charge in [0.25, 0.3) is 0 Å². The highest BCUT2D eigenvalue weighted by atomic mass is 35.5. The largest absolute Gasteiger partial charge is 0.409 e. The quantitative estimate of drug-likeness (QED) is 0.375. The van der Waals surface area contributed by atoms with Crippen molar-refractivity contribution in [3.05, 3.63) is 28.8 Å². The molecule has 1 aromatic rings. The highest BCUT2D eigenvalue weighted by Crippen LogP contribution is 2.28. The Kier molecular flexibility index (Phi) is 4.31. The van der Waals surface area contributed by atoms with Crippen LogP contribution >= 0.6 is 11.6 Å². The molecule has 0 atom stereocenters. The van der Waals surface area contributed by atoms with Crippen molar-refractivity contribution in [3.63, 3.8) is 0 Å². The van der Waals surface area contributed by atoms with Crippen molar-refractivity contribution in [3.8, 4) is 0 Å². The van der Waals surface area contributed by atoms with Crippen LogP contribution in [-0.4, -0.2) is 24.1 Å². The van der Waals surface area contributed by atoms with Crippen molar-refractivity contribution in [1.82, 2.24) is 0 Å². The van der Waals surface area contributed by atoms with Crippen LogP contribution in [0.5, 0.6) is 0 Å². The van der Waals surface area contributed by atoms with Crippen LogP contribution in [0, 0.1) is 0 Å². The zero-order valence-electron chi connectivity index (χ0n) is 10.3. The first-order chi connectivity index (χ1) is 8.72. The fraction of sp³-hybridized carbons (Fsp3) is 0.462.